The Balaban J connectivity index is 1.34. The highest BCUT2D eigenvalue weighted by atomic mass is 32.1. The van der Waals surface area contributed by atoms with Crippen LogP contribution in [0.15, 0.2) is 47.3 Å². The number of methoxy groups -OCH3 is 1. The zero-order valence-corrected chi connectivity index (χ0v) is 17.5. The number of likely N-dealkylation sites (tertiary alicyclic amines) is 1. The predicted octanol–water partition coefficient (Wildman–Crippen LogP) is 4.68. The van der Waals surface area contributed by atoms with E-state index in [1.54, 1.807) is 23.3 Å². The van der Waals surface area contributed by atoms with E-state index in [9.17, 15) is 9.90 Å². The van der Waals surface area contributed by atoms with Gasteiger partial charge in [-0.2, -0.15) is 0 Å². The van der Waals surface area contributed by atoms with Gasteiger partial charge in [-0.15, -0.1) is 11.3 Å². The van der Waals surface area contributed by atoms with E-state index in [0.717, 1.165) is 40.8 Å². The first-order valence-corrected chi connectivity index (χ1v) is 11.2. The standard InChI is InChI=1S/C23H24N2O4S/c1-28-17-4-2-15-9-18(5-3-14(15)8-17)29-22-7-6-19-20(22)11-25(23(26)27)21(19)10-16-12-30-13-24-16/h2-5,8-9,12-13,19-22H,6-7,10-11H2,1H3,(H,26,27)/t19-,20-,21?,22-/m0/s1. The molecule has 1 unspecified atom stereocenters. The highest BCUT2D eigenvalue weighted by Crippen LogP contribution is 2.45. The van der Waals surface area contributed by atoms with Crippen LogP contribution in [-0.4, -0.2) is 46.9 Å². The summed E-state index contributed by atoms with van der Waals surface area (Å²) in [6, 6.07) is 12.1. The van der Waals surface area contributed by atoms with Crippen LogP contribution < -0.4 is 9.47 Å². The molecule has 1 amide bonds. The number of benzene rings is 2. The number of amides is 1. The van der Waals surface area contributed by atoms with Gasteiger partial charge in [0.1, 0.15) is 17.6 Å². The van der Waals surface area contributed by atoms with Crippen molar-refractivity contribution in [2.45, 2.75) is 31.4 Å². The molecule has 1 aromatic heterocycles. The van der Waals surface area contributed by atoms with Crippen LogP contribution in [0.4, 0.5) is 4.79 Å². The molecule has 2 fully saturated rings. The lowest BCUT2D eigenvalue weighted by molar-refractivity contribution is 0.124. The highest BCUT2D eigenvalue weighted by Gasteiger charge is 2.51. The third kappa shape index (κ3) is 3.47. The van der Waals surface area contributed by atoms with Gasteiger partial charge in [-0.25, -0.2) is 9.78 Å². The van der Waals surface area contributed by atoms with Gasteiger partial charge in [0, 0.05) is 30.3 Å². The second-order valence-corrected chi connectivity index (χ2v) is 8.84. The van der Waals surface area contributed by atoms with Gasteiger partial charge in [0.05, 0.1) is 18.3 Å². The van der Waals surface area contributed by atoms with E-state index in [-0.39, 0.29) is 18.1 Å². The first kappa shape index (κ1) is 19.2. The van der Waals surface area contributed by atoms with E-state index in [1.165, 1.54) is 0 Å². The monoisotopic (exact) mass is 424 g/mol. The summed E-state index contributed by atoms with van der Waals surface area (Å²) in [4.78, 5) is 17.9. The minimum Gasteiger partial charge on any atom is -0.497 e. The number of fused-ring (bicyclic) bond motifs is 2. The van der Waals surface area contributed by atoms with Crippen molar-refractivity contribution in [1.29, 1.82) is 0 Å². The van der Waals surface area contributed by atoms with Crippen molar-refractivity contribution >= 4 is 28.2 Å². The normalized spacial score (nSPS) is 25.4. The van der Waals surface area contributed by atoms with Gasteiger partial charge in [0.25, 0.3) is 0 Å². The lowest BCUT2D eigenvalue weighted by Crippen LogP contribution is -2.38. The van der Waals surface area contributed by atoms with Crippen LogP contribution in [0.1, 0.15) is 18.5 Å². The average Bonchev–Trinajstić information content (AvgIpc) is 3.47. The van der Waals surface area contributed by atoms with E-state index < -0.39 is 6.09 Å². The van der Waals surface area contributed by atoms with Gasteiger partial charge in [0.15, 0.2) is 0 Å². The summed E-state index contributed by atoms with van der Waals surface area (Å²) in [6.45, 7) is 0.532. The number of carboxylic acid groups (broad SMARTS) is 1. The molecular formula is C23H24N2O4S. The number of rotatable bonds is 5. The molecule has 1 aliphatic heterocycles. The fourth-order valence-electron chi connectivity index (χ4n) is 5.14. The lowest BCUT2D eigenvalue weighted by atomic mass is 9.91. The Labute approximate surface area is 179 Å². The maximum absolute atomic E-state index is 11.9. The second-order valence-electron chi connectivity index (χ2n) is 8.12. The van der Waals surface area contributed by atoms with Crippen LogP contribution in [0.2, 0.25) is 0 Å². The summed E-state index contributed by atoms with van der Waals surface area (Å²) in [5.74, 6) is 2.21. The zero-order chi connectivity index (χ0) is 20.7. The van der Waals surface area contributed by atoms with Crippen molar-refractivity contribution in [3.05, 3.63) is 53.0 Å². The maximum atomic E-state index is 11.9. The van der Waals surface area contributed by atoms with Crippen LogP contribution in [-0.2, 0) is 6.42 Å². The van der Waals surface area contributed by atoms with Crippen molar-refractivity contribution in [3.8, 4) is 11.5 Å². The van der Waals surface area contributed by atoms with Crippen molar-refractivity contribution in [1.82, 2.24) is 9.88 Å². The Morgan fingerprint density at radius 2 is 1.93 bits per heavy atom. The van der Waals surface area contributed by atoms with Crippen LogP contribution in [0.25, 0.3) is 10.8 Å². The molecule has 0 bridgehead atoms. The van der Waals surface area contributed by atoms with Gasteiger partial charge >= 0.3 is 6.09 Å². The molecule has 4 atom stereocenters. The third-order valence-corrected chi connectivity index (χ3v) is 7.20. The Morgan fingerprint density at radius 1 is 1.17 bits per heavy atom. The quantitative estimate of drug-likeness (QED) is 0.644. The minimum atomic E-state index is -0.844. The minimum absolute atomic E-state index is 0.0210. The van der Waals surface area contributed by atoms with E-state index in [4.69, 9.17) is 9.47 Å². The summed E-state index contributed by atoms with van der Waals surface area (Å²) < 4.78 is 11.7. The molecule has 0 radical (unpaired) electrons. The van der Waals surface area contributed by atoms with E-state index in [1.807, 2.05) is 41.2 Å². The SMILES string of the molecule is COc1ccc2cc(O[C@H]3CC[C@@H]4C(Cc5cscn5)N(C(=O)O)C[C@H]34)ccc2c1. The number of carbonyl (C=O) groups is 1. The van der Waals surface area contributed by atoms with Gasteiger partial charge in [-0.3, -0.25) is 0 Å². The molecule has 156 valence electrons. The highest BCUT2D eigenvalue weighted by molar-refractivity contribution is 7.07. The number of thiazole rings is 1. The van der Waals surface area contributed by atoms with E-state index in [0.29, 0.717) is 18.9 Å². The predicted molar refractivity (Wildman–Crippen MR) is 115 cm³/mol. The van der Waals surface area contributed by atoms with E-state index in [2.05, 4.69) is 11.1 Å². The number of nitrogens with zero attached hydrogens (tertiary/aromatic N) is 2. The van der Waals surface area contributed by atoms with Gasteiger partial charge in [-0.1, -0.05) is 12.1 Å². The summed E-state index contributed by atoms with van der Waals surface area (Å²) in [5, 5.41) is 14.0. The third-order valence-electron chi connectivity index (χ3n) is 6.57. The van der Waals surface area contributed by atoms with Crippen LogP contribution in [0.5, 0.6) is 11.5 Å². The van der Waals surface area contributed by atoms with Gasteiger partial charge < -0.3 is 19.5 Å². The molecule has 2 aliphatic rings. The van der Waals surface area contributed by atoms with Crippen molar-refractivity contribution in [2.75, 3.05) is 13.7 Å². The molecule has 1 saturated heterocycles. The number of aromatic nitrogens is 1. The summed E-state index contributed by atoms with van der Waals surface area (Å²) in [6.07, 6.45) is 1.81. The molecule has 1 N–H and O–H groups in total. The van der Waals surface area contributed by atoms with Crippen LogP contribution in [0, 0.1) is 11.8 Å². The first-order valence-electron chi connectivity index (χ1n) is 10.2. The zero-order valence-electron chi connectivity index (χ0n) is 16.7. The summed E-state index contributed by atoms with van der Waals surface area (Å²) in [5.41, 5.74) is 2.79. The number of hydrogen-bond donors (Lipinski definition) is 1. The van der Waals surface area contributed by atoms with Gasteiger partial charge in [0.2, 0.25) is 0 Å². The van der Waals surface area contributed by atoms with Crippen molar-refractivity contribution < 1.29 is 19.4 Å². The summed E-state index contributed by atoms with van der Waals surface area (Å²) >= 11 is 1.55. The molecular weight excluding hydrogens is 400 g/mol. The maximum Gasteiger partial charge on any atom is 0.407 e. The summed E-state index contributed by atoms with van der Waals surface area (Å²) in [7, 11) is 1.67. The lowest BCUT2D eigenvalue weighted by Gasteiger charge is -2.24. The molecule has 0 spiro atoms. The molecule has 6 nitrogen and oxygen atoms in total. The Bertz CT molecular complexity index is 1050. The fraction of sp³-hybridized carbons (Fsp3) is 0.391. The van der Waals surface area contributed by atoms with Crippen LogP contribution >= 0.6 is 11.3 Å². The molecule has 30 heavy (non-hydrogen) atoms. The Morgan fingerprint density at radius 3 is 2.63 bits per heavy atom. The largest absolute Gasteiger partial charge is 0.497 e. The number of hydrogen-bond acceptors (Lipinski definition) is 5. The smallest absolute Gasteiger partial charge is 0.407 e. The second kappa shape index (κ2) is 7.80. The van der Waals surface area contributed by atoms with Crippen molar-refractivity contribution in [2.24, 2.45) is 11.8 Å². The first-order chi connectivity index (χ1) is 14.6. The molecule has 2 aromatic carbocycles. The van der Waals surface area contributed by atoms with Crippen LogP contribution in [0.3, 0.4) is 0 Å². The molecule has 1 aliphatic carbocycles. The number of ether oxygens (including phenoxy) is 2. The van der Waals surface area contributed by atoms with Gasteiger partial charge in [-0.05, 0) is 53.8 Å². The molecule has 3 aromatic rings. The molecule has 5 rings (SSSR count). The van der Waals surface area contributed by atoms with Crippen molar-refractivity contribution in [3.63, 3.8) is 0 Å². The molecule has 1 saturated carbocycles. The topological polar surface area (TPSA) is 71.9 Å². The average molecular weight is 425 g/mol. The Hall–Kier alpha value is -2.80. The van der Waals surface area contributed by atoms with E-state index >= 15 is 0 Å². The molecule has 2 heterocycles. The molecule has 7 heteroatoms. The Kier molecular flexibility index (Phi) is 4.98. The fourth-order valence-corrected chi connectivity index (χ4v) is 5.71.